The summed E-state index contributed by atoms with van der Waals surface area (Å²) >= 11 is 0. The average molecular weight is 805 g/mol. The number of fused-ring (bicyclic) bond motifs is 2. The van der Waals surface area contributed by atoms with Gasteiger partial charge in [0.15, 0.2) is 0 Å². The molecule has 0 aromatic heterocycles. The van der Waals surface area contributed by atoms with Crippen LogP contribution in [0.5, 0.6) is 0 Å². The molecule has 0 radical (unpaired) electrons. The van der Waals surface area contributed by atoms with E-state index in [1.165, 1.54) is 66.1 Å². The molecule has 0 spiro atoms. The standard InChI is InChI=1S/C60H56N2/c1-41(2)33-45-19-15-27-51(37-45)61(49-25-13-17-43(5)35-49)53-29-31-55-57(39-53)59(47-21-9-7-10-22-47)56-32-30-54(40-58(56)60(55)48-23-11-8-12-24-48)62(50-26-14-18-44(6)36-50)52-28-16-20-46(38-52)34-42(3)4/h7-32,35-42H,33-34H2,1-6H3. The van der Waals surface area contributed by atoms with Crippen LogP contribution in [0.1, 0.15) is 49.9 Å². The van der Waals surface area contributed by atoms with Crippen LogP contribution >= 0.6 is 0 Å². The van der Waals surface area contributed by atoms with Crippen LogP contribution in [0.15, 0.2) is 194 Å². The molecule has 0 aliphatic carbocycles. The molecule has 0 bridgehead atoms. The molecule has 0 N–H and O–H groups in total. The third-order valence-electron chi connectivity index (χ3n) is 11.9. The lowest BCUT2D eigenvalue weighted by molar-refractivity contribution is 0.647. The van der Waals surface area contributed by atoms with Gasteiger partial charge in [-0.1, -0.05) is 149 Å². The largest absolute Gasteiger partial charge is 0.310 e. The zero-order valence-corrected chi connectivity index (χ0v) is 36.9. The van der Waals surface area contributed by atoms with Crippen LogP contribution in [0, 0.1) is 25.7 Å². The first-order valence-corrected chi connectivity index (χ1v) is 22.3. The van der Waals surface area contributed by atoms with Crippen molar-refractivity contribution >= 4 is 55.7 Å². The van der Waals surface area contributed by atoms with Crippen LogP contribution in [-0.4, -0.2) is 0 Å². The number of anilines is 6. The van der Waals surface area contributed by atoms with Gasteiger partial charge in [-0.2, -0.15) is 0 Å². The van der Waals surface area contributed by atoms with Crippen LogP contribution in [-0.2, 0) is 12.8 Å². The Kier molecular flexibility index (Phi) is 11.5. The van der Waals surface area contributed by atoms with Gasteiger partial charge < -0.3 is 9.80 Å². The first kappa shape index (κ1) is 40.5. The van der Waals surface area contributed by atoms with E-state index >= 15 is 0 Å². The monoisotopic (exact) mass is 804 g/mol. The summed E-state index contributed by atoms with van der Waals surface area (Å²) in [5.41, 5.74) is 16.9. The SMILES string of the molecule is Cc1cccc(N(c2cccc(CC(C)C)c2)c2ccc3c(-c4ccccc4)c4cc(N(c5cccc(C)c5)c5cccc(CC(C)C)c5)ccc4c(-c4ccccc4)c3c2)c1. The second-order valence-corrected chi connectivity index (χ2v) is 17.8. The molecular weight excluding hydrogens is 749 g/mol. The van der Waals surface area contributed by atoms with Crippen LogP contribution in [0.3, 0.4) is 0 Å². The Morgan fingerprint density at radius 2 is 0.677 bits per heavy atom. The van der Waals surface area contributed by atoms with E-state index in [1.54, 1.807) is 0 Å². The normalized spacial score (nSPS) is 11.5. The van der Waals surface area contributed by atoms with Gasteiger partial charge >= 0.3 is 0 Å². The molecule has 0 saturated carbocycles. The van der Waals surface area contributed by atoms with Gasteiger partial charge in [-0.25, -0.2) is 0 Å². The van der Waals surface area contributed by atoms with Gasteiger partial charge in [-0.15, -0.1) is 0 Å². The maximum atomic E-state index is 2.44. The molecule has 0 atom stereocenters. The minimum atomic E-state index is 0.566. The minimum absolute atomic E-state index is 0.566. The summed E-state index contributed by atoms with van der Waals surface area (Å²) in [4.78, 5) is 4.88. The van der Waals surface area contributed by atoms with Crippen LogP contribution in [0.4, 0.5) is 34.1 Å². The number of benzene rings is 9. The minimum Gasteiger partial charge on any atom is -0.310 e. The Labute approximate surface area is 368 Å². The van der Waals surface area contributed by atoms with Crippen molar-refractivity contribution in [2.24, 2.45) is 11.8 Å². The number of rotatable bonds is 12. The molecular formula is C60H56N2. The van der Waals surface area contributed by atoms with Crippen molar-refractivity contribution in [3.63, 3.8) is 0 Å². The van der Waals surface area contributed by atoms with Gasteiger partial charge in [0, 0.05) is 34.1 Å². The molecule has 9 aromatic rings. The lowest BCUT2D eigenvalue weighted by atomic mass is 9.85. The van der Waals surface area contributed by atoms with E-state index in [2.05, 4.69) is 245 Å². The molecule has 2 heteroatoms. The van der Waals surface area contributed by atoms with Crippen LogP contribution < -0.4 is 9.80 Å². The number of hydrogen-bond acceptors (Lipinski definition) is 2. The lowest BCUT2D eigenvalue weighted by Gasteiger charge is -2.29. The Morgan fingerprint density at radius 3 is 1.05 bits per heavy atom. The topological polar surface area (TPSA) is 6.48 Å². The van der Waals surface area contributed by atoms with Crippen molar-refractivity contribution in [3.8, 4) is 22.3 Å². The Morgan fingerprint density at radius 1 is 0.323 bits per heavy atom. The lowest BCUT2D eigenvalue weighted by Crippen LogP contribution is -2.11. The highest BCUT2D eigenvalue weighted by atomic mass is 15.1. The Bertz CT molecular complexity index is 2790. The number of aryl methyl sites for hydroxylation is 2. The van der Waals surface area contributed by atoms with Gasteiger partial charge in [0.25, 0.3) is 0 Å². The number of nitrogens with zero attached hydrogens (tertiary/aromatic N) is 2. The van der Waals surface area contributed by atoms with E-state index in [4.69, 9.17) is 0 Å². The van der Waals surface area contributed by atoms with Gasteiger partial charge in [0.05, 0.1) is 0 Å². The Balaban J connectivity index is 1.34. The van der Waals surface area contributed by atoms with Gasteiger partial charge in [-0.3, -0.25) is 0 Å². The van der Waals surface area contributed by atoms with E-state index in [-0.39, 0.29) is 0 Å². The summed E-state index contributed by atoms with van der Waals surface area (Å²) < 4.78 is 0. The molecule has 9 rings (SSSR count). The fourth-order valence-electron chi connectivity index (χ4n) is 9.33. The first-order chi connectivity index (χ1) is 30.2. The molecule has 62 heavy (non-hydrogen) atoms. The highest BCUT2D eigenvalue weighted by molar-refractivity contribution is 6.22. The molecule has 0 amide bonds. The highest BCUT2D eigenvalue weighted by Crippen LogP contribution is 2.48. The van der Waals surface area contributed by atoms with Gasteiger partial charge in [0.2, 0.25) is 0 Å². The summed E-state index contributed by atoms with van der Waals surface area (Å²) in [6.07, 6.45) is 2.06. The van der Waals surface area contributed by atoms with Crippen LogP contribution in [0.25, 0.3) is 43.8 Å². The van der Waals surface area contributed by atoms with Gasteiger partial charge in [-0.05, 0) is 177 Å². The fraction of sp³-hybridized carbons (Fsp3) is 0.167. The zero-order chi connectivity index (χ0) is 42.7. The smallest absolute Gasteiger partial charge is 0.0468 e. The Hall–Kier alpha value is -6.90. The zero-order valence-electron chi connectivity index (χ0n) is 36.9. The van der Waals surface area contributed by atoms with E-state index in [9.17, 15) is 0 Å². The maximum absolute atomic E-state index is 2.44. The molecule has 0 aliphatic heterocycles. The third-order valence-corrected chi connectivity index (χ3v) is 11.9. The molecule has 0 fully saturated rings. The molecule has 2 nitrogen and oxygen atoms in total. The molecule has 9 aromatic carbocycles. The second kappa shape index (κ2) is 17.6. The predicted octanol–water partition coefficient (Wildman–Crippen LogP) is 17.3. The van der Waals surface area contributed by atoms with Crippen LogP contribution in [0.2, 0.25) is 0 Å². The average Bonchev–Trinajstić information content (AvgIpc) is 3.26. The summed E-state index contributed by atoms with van der Waals surface area (Å²) in [7, 11) is 0. The highest BCUT2D eigenvalue weighted by Gasteiger charge is 2.22. The van der Waals surface area contributed by atoms with Crippen molar-refractivity contribution in [1.82, 2.24) is 0 Å². The molecule has 306 valence electrons. The van der Waals surface area contributed by atoms with Crippen molar-refractivity contribution in [2.45, 2.75) is 54.4 Å². The van der Waals surface area contributed by atoms with Crippen molar-refractivity contribution in [3.05, 3.63) is 216 Å². The second-order valence-electron chi connectivity index (χ2n) is 17.8. The van der Waals surface area contributed by atoms with E-state index in [0.29, 0.717) is 11.8 Å². The molecule has 0 saturated heterocycles. The summed E-state index contributed by atoms with van der Waals surface area (Å²) in [5, 5.41) is 4.89. The summed E-state index contributed by atoms with van der Waals surface area (Å²) in [6.45, 7) is 13.5. The quantitative estimate of drug-likeness (QED) is 0.114. The van der Waals surface area contributed by atoms with Gasteiger partial charge in [0.1, 0.15) is 0 Å². The predicted molar refractivity (Wildman–Crippen MR) is 268 cm³/mol. The molecule has 0 aliphatic rings. The summed E-state index contributed by atoms with van der Waals surface area (Å²) in [6, 6.07) is 72.2. The third kappa shape index (κ3) is 8.39. The molecule has 0 heterocycles. The molecule has 0 unspecified atom stereocenters. The van der Waals surface area contributed by atoms with Crippen molar-refractivity contribution < 1.29 is 0 Å². The fourth-order valence-corrected chi connectivity index (χ4v) is 9.33. The van der Waals surface area contributed by atoms with Crippen molar-refractivity contribution in [1.29, 1.82) is 0 Å². The van der Waals surface area contributed by atoms with E-state index < -0.39 is 0 Å². The first-order valence-electron chi connectivity index (χ1n) is 22.3. The maximum Gasteiger partial charge on any atom is 0.0468 e. The number of hydrogen-bond donors (Lipinski definition) is 0. The van der Waals surface area contributed by atoms with Crippen molar-refractivity contribution in [2.75, 3.05) is 9.80 Å². The summed E-state index contributed by atoms with van der Waals surface area (Å²) in [5.74, 6) is 1.13. The van der Waals surface area contributed by atoms with E-state index in [0.717, 1.165) is 47.0 Å². The van der Waals surface area contributed by atoms with E-state index in [1.807, 2.05) is 0 Å².